The van der Waals surface area contributed by atoms with E-state index in [1.54, 1.807) is 0 Å². The Kier molecular flexibility index (Phi) is 105. The maximum Gasteiger partial charge on any atom is -0.0195 e. The second kappa shape index (κ2) is 59.1. The summed E-state index contributed by atoms with van der Waals surface area (Å²) in [5.41, 5.74) is 13.5. The molecule has 0 heterocycles. The Morgan fingerprint density at radius 3 is 1.08 bits per heavy atom. The van der Waals surface area contributed by atoms with Crippen LogP contribution in [0.15, 0.2) is 0 Å². The van der Waals surface area contributed by atoms with Crippen LogP contribution in [0.25, 0.3) is 0 Å². The number of nitrogens with two attached hydrogens (primary N) is 3. The Balaban J connectivity index is -0.0000000573. The van der Waals surface area contributed by atoms with Gasteiger partial charge in [0.1, 0.15) is 0 Å². The summed E-state index contributed by atoms with van der Waals surface area (Å²) in [6.07, 6.45) is 7.57. The van der Waals surface area contributed by atoms with Crippen molar-refractivity contribution in [2.24, 2.45) is 17.2 Å². The molecule has 0 aromatic heterocycles. The largest absolute Gasteiger partial charge is 0.333 e. The molecule has 0 saturated carbocycles. The van der Waals surface area contributed by atoms with Gasteiger partial charge in [0.15, 0.2) is 0 Å². The summed E-state index contributed by atoms with van der Waals surface area (Å²) in [5, 5.41) is 0. The van der Waals surface area contributed by atoms with E-state index in [0.29, 0.717) is 0 Å². The number of unbranched alkanes of at least 4 members (excludes halogenated alkanes) is 4. The van der Waals surface area contributed by atoms with E-state index in [1.165, 1.54) is 46.8 Å². The van der Waals surface area contributed by atoms with E-state index in [0.717, 1.165) is 0 Å². The van der Waals surface area contributed by atoms with Gasteiger partial charge in [-0.1, -0.05) is 39.5 Å². The SMILES string of the molecule is CCC[CH]CCC.CN.CN.CN. The molecule has 0 fully saturated rings. The summed E-state index contributed by atoms with van der Waals surface area (Å²) < 4.78 is 0. The highest BCUT2D eigenvalue weighted by atomic mass is 14.4. The first kappa shape index (κ1) is 23.1. The van der Waals surface area contributed by atoms with Gasteiger partial charge in [-0.05, 0) is 27.6 Å². The Morgan fingerprint density at radius 1 is 0.692 bits per heavy atom. The van der Waals surface area contributed by atoms with Gasteiger partial charge in [-0.15, -0.1) is 0 Å². The molecule has 0 aliphatic carbocycles. The highest BCUT2D eigenvalue weighted by Gasteiger charge is 1.80. The molecule has 0 bridgehead atoms. The second-order valence-electron chi connectivity index (χ2n) is 1.87. The fourth-order valence-corrected chi connectivity index (χ4v) is 0.553. The van der Waals surface area contributed by atoms with E-state index in [4.69, 9.17) is 0 Å². The Morgan fingerprint density at radius 2 is 0.923 bits per heavy atom. The van der Waals surface area contributed by atoms with Crippen molar-refractivity contribution in [3.63, 3.8) is 0 Å². The standard InChI is InChI=1S/C7H15.3CH5N/c1-3-5-7-6-4-2;3*1-2/h7H,3-6H2,1-2H3;3*2H2,1H3. The zero-order valence-electron chi connectivity index (χ0n) is 10.1. The lowest BCUT2D eigenvalue weighted by Gasteiger charge is -1.90. The van der Waals surface area contributed by atoms with E-state index >= 15 is 0 Å². The molecule has 0 aromatic carbocycles. The van der Waals surface area contributed by atoms with Crippen molar-refractivity contribution in [1.29, 1.82) is 0 Å². The van der Waals surface area contributed by atoms with Crippen molar-refractivity contribution in [3.05, 3.63) is 6.42 Å². The topological polar surface area (TPSA) is 78.1 Å². The third-order valence-corrected chi connectivity index (χ3v) is 0.986. The molecule has 0 aliphatic rings. The first-order valence-corrected chi connectivity index (χ1v) is 4.96. The van der Waals surface area contributed by atoms with Crippen LogP contribution in [0, 0.1) is 6.42 Å². The summed E-state index contributed by atoms with van der Waals surface area (Å²) in [6.45, 7) is 4.43. The van der Waals surface area contributed by atoms with Crippen LogP contribution in [0.4, 0.5) is 0 Å². The van der Waals surface area contributed by atoms with Crippen molar-refractivity contribution in [3.8, 4) is 0 Å². The van der Waals surface area contributed by atoms with Gasteiger partial charge < -0.3 is 17.2 Å². The van der Waals surface area contributed by atoms with Crippen LogP contribution in [0.3, 0.4) is 0 Å². The van der Waals surface area contributed by atoms with E-state index in [9.17, 15) is 0 Å². The summed E-state index contributed by atoms with van der Waals surface area (Å²) in [7, 11) is 4.50. The summed E-state index contributed by atoms with van der Waals surface area (Å²) in [4.78, 5) is 0. The molecule has 3 heteroatoms. The van der Waals surface area contributed by atoms with Gasteiger partial charge >= 0.3 is 0 Å². The molecule has 3 nitrogen and oxygen atoms in total. The van der Waals surface area contributed by atoms with Gasteiger partial charge in [0.05, 0.1) is 0 Å². The molecule has 85 valence electrons. The summed E-state index contributed by atoms with van der Waals surface area (Å²) in [5.74, 6) is 0. The van der Waals surface area contributed by atoms with Crippen LogP contribution < -0.4 is 17.2 Å². The maximum atomic E-state index is 4.50. The second-order valence-corrected chi connectivity index (χ2v) is 1.87. The molecule has 0 spiro atoms. The zero-order valence-corrected chi connectivity index (χ0v) is 10.1. The predicted molar refractivity (Wildman–Crippen MR) is 64.5 cm³/mol. The first-order chi connectivity index (χ1) is 6.41. The van der Waals surface area contributed by atoms with Crippen molar-refractivity contribution in [2.45, 2.75) is 39.5 Å². The smallest absolute Gasteiger partial charge is 0.0195 e. The van der Waals surface area contributed by atoms with Crippen LogP contribution in [0.5, 0.6) is 0 Å². The third kappa shape index (κ3) is 77.0. The highest BCUT2D eigenvalue weighted by Crippen LogP contribution is 1.98. The number of rotatable bonds is 4. The van der Waals surface area contributed by atoms with Crippen molar-refractivity contribution < 1.29 is 0 Å². The predicted octanol–water partition coefficient (Wildman–Crippen LogP) is 1.52. The fourth-order valence-electron chi connectivity index (χ4n) is 0.553. The van der Waals surface area contributed by atoms with E-state index < -0.39 is 0 Å². The van der Waals surface area contributed by atoms with Gasteiger partial charge in [0, 0.05) is 0 Å². The molecule has 1 radical (unpaired) electrons. The first-order valence-electron chi connectivity index (χ1n) is 4.96. The number of hydrogen-bond acceptors (Lipinski definition) is 3. The Labute approximate surface area is 85.1 Å². The number of hydrogen-bond donors (Lipinski definition) is 3. The lowest BCUT2D eigenvalue weighted by molar-refractivity contribution is 0.796. The molecule has 0 unspecified atom stereocenters. The summed E-state index contributed by atoms with van der Waals surface area (Å²) in [6, 6.07) is 0. The van der Waals surface area contributed by atoms with Crippen LogP contribution in [0.1, 0.15) is 39.5 Å². The van der Waals surface area contributed by atoms with E-state index in [1.807, 2.05) is 0 Å². The van der Waals surface area contributed by atoms with Gasteiger partial charge in [0.2, 0.25) is 0 Å². The van der Waals surface area contributed by atoms with Gasteiger partial charge in [-0.2, -0.15) is 0 Å². The average molecular weight is 192 g/mol. The van der Waals surface area contributed by atoms with Crippen molar-refractivity contribution in [2.75, 3.05) is 21.1 Å². The molecule has 0 saturated heterocycles. The fraction of sp³-hybridized carbons (Fsp3) is 0.900. The summed E-state index contributed by atoms with van der Waals surface area (Å²) >= 11 is 0. The Hall–Kier alpha value is -0.120. The molecule has 0 aliphatic heterocycles. The van der Waals surface area contributed by atoms with Crippen molar-refractivity contribution in [1.82, 2.24) is 0 Å². The van der Waals surface area contributed by atoms with Gasteiger partial charge in [-0.3, -0.25) is 0 Å². The van der Waals surface area contributed by atoms with E-state index in [2.05, 4.69) is 37.5 Å². The normalized spacial score (nSPS) is 6.46. The lowest BCUT2D eigenvalue weighted by Crippen LogP contribution is -1.72. The van der Waals surface area contributed by atoms with Crippen LogP contribution in [-0.2, 0) is 0 Å². The van der Waals surface area contributed by atoms with Crippen LogP contribution in [0.2, 0.25) is 0 Å². The molecule has 0 aromatic rings. The van der Waals surface area contributed by atoms with E-state index in [-0.39, 0.29) is 0 Å². The monoisotopic (exact) mass is 192 g/mol. The quantitative estimate of drug-likeness (QED) is 0.591. The molecular formula is C10H30N3. The molecule has 0 rings (SSSR count). The highest BCUT2D eigenvalue weighted by molar-refractivity contribution is 4.60. The maximum absolute atomic E-state index is 4.50. The third-order valence-electron chi connectivity index (χ3n) is 0.986. The lowest BCUT2D eigenvalue weighted by atomic mass is 10.2. The van der Waals surface area contributed by atoms with Crippen LogP contribution >= 0.6 is 0 Å². The minimum atomic E-state index is 1.30. The minimum Gasteiger partial charge on any atom is -0.333 e. The minimum absolute atomic E-state index is 1.30. The van der Waals surface area contributed by atoms with Gasteiger partial charge in [-0.25, -0.2) is 0 Å². The zero-order chi connectivity index (χ0) is 11.5. The molecule has 0 atom stereocenters. The Bertz CT molecular complexity index is 29.4. The van der Waals surface area contributed by atoms with Gasteiger partial charge in [0.25, 0.3) is 0 Å². The average Bonchev–Trinajstić information content (AvgIpc) is 2.27. The molecule has 0 amide bonds. The molecular weight excluding hydrogens is 162 g/mol. The molecule has 6 N–H and O–H groups in total. The molecule has 13 heavy (non-hydrogen) atoms. The van der Waals surface area contributed by atoms with Crippen LogP contribution in [-0.4, -0.2) is 21.1 Å². The van der Waals surface area contributed by atoms with Crippen molar-refractivity contribution >= 4 is 0 Å².